The fraction of sp³-hybridized carbons (Fsp3) is 0.727. The first-order valence-electron chi connectivity index (χ1n) is 5.89. The van der Waals surface area contributed by atoms with Gasteiger partial charge in [0, 0.05) is 0 Å². The van der Waals surface area contributed by atoms with Crippen LogP contribution in [0.5, 0.6) is 0 Å². The molecule has 0 aromatic heterocycles. The van der Waals surface area contributed by atoms with E-state index in [2.05, 4.69) is 17.6 Å². The van der Waals surface area contributed by atoms with Gasteiger partial charge in [0.1, 0.15) is 6.04 Å². The molecule has 8 nitrogen and oxygen atoms in total. The van der Waals surface area contributed by atoms with Crippen molar-refractivity contribution in [2.75, 3.05) is 20.1 Å². The summed E-state index contributed by atoms with van der Waals surface area (Å²) in [4.78, 5) is 30.0. The molecular weight excluding hydrogens is 256 g/mol. The first kappa shape index (κ1) is 19.7. The zero-order valence-electron chi connectivity index (χ0n) is 11.2. The molecule has 0 saturated heterocycles. The van der Waals surface area contributed by atoms with Crippen LogP contribution >= 0.6 is 0 Å². The van der Waals surface area contributed by atoms with Crippen LogP contribution in [0.1, 0.15) is 26.2 Å². The molecule has 0 aromatic rings. The van der Waals surface area contributed by atoms with Gasteiger partial charge in [-0.05, 0) is 20.0 Å². The Morgan fingerprint density at radius 3 is 1.95 bits per heavy atom. The minimum Gasteiger partial charge on any atom is -0.481 e. The van der Waals surface area contributed by atoms with Crippen molar-refractivity contribution in [2.24, 2.45) is 0 Å². The van der Waals surface area contributed by atoms with Gasteiger partial charge in [-0.3, -0.25) is 14.4 Å². The van der Waals surface area contributed by atoms with Crippen molar-refractivity contribution in [1.29, 1.82) is 0 Å². The summed E-state index contributed by atoms with van der Waals surface area (Å²) in [6.07, 6.45) is 1.76. The minimum atomic E-state index is -1.15. The van der Waals surface area contributed by atoms with Crippen LogP contribution in [0.25, 0.3) is 0 Å². The van der Waals surface area contributed by atoms with Gasteiger partial charge in [0.25, 0.3) is 0 Å². The van der Waals surface area contributed by atoms with Crippen LogP contribution in [0.2, 0.25) is 0 Å². The van der Waals surface area contributed by atoms with Gasteiger partial charge >= 0.3 is 17.9 Å². The summed E-state index contributed by atoms with van der Waals surface area (Å²) in [6, 6.07) is -0.988. The highest BCUT2D eigenvalue weighted by atomic mass is 16.4. The average Bonchev–Trinajstić information content (AvgIpc) is 2.31. The van der Waals surface area contributed by atoms with E-state index in [0.717, 1.165) is 19.4 Å². The van der Waals surface area contributed by atoms with Gasteiger partial charge in [0.2, 0.25) is 0 Å². The Labute approximate surface area is 111 Å². The fourth-order valence-electron chi connectivity index (χ4n) is 0.985. The van der Waals surface area contributed by atoms with E-state index >= 15 is 0 Å². The number of carboxylic acids is 3. The predicted molar refractivity (Wildman–Crippen MR) is 68.1 cm³/mol. The second-order valence-electron chi connectivity index (χ2n) is 3.70. The number of aliphatic carboxylic acids is 3. The maximum atomic E-state index is 10.1. The van der Waals surface area contributed by atoms with Crippen LogP contribution in [0, 0.1) is 0 Å². The molecule has 0 aliphatic carbocycles. The van der Waals surface area contributed by atoms with E-state index in [1.165, 1.54) is 7.05 Å². The smallest absolute Gasteiger partial charge is 0.321 e. The van der Waals surface area contributed by atoms with Crippen LogP contribution in [-0.4, -0.2) is 59.4 Å². The predicted octanol–water partition coefficient (Wildman–Crippen LogP) is -0.406. The summed E-state index contributed by atoms with van der Waals surface area (Å²) in [5.41, 5.74) is 0. The van der Waals surface area contributed by atoms with Crippen LogP contribution in [0.4, 0.5) is 0 Å². The first-order chi connectivity index (χ1) is 8.84. The van der Waals surface area contributed by atoms with E-state index in [4.69, 9.17) is 15.3 Å². The van der Waals surface area contributed by atoms with E-state index in [9.17, 15) is 14.4 Å². The molecule has 112 valence electrons. The van der Waals surface area contributed by atoms with Crippen LogP contribution in [0.3, 0.4) is 0 Å². The van der Waals surface area contributed by atoms with Crippen LogP contribution in [0.15, 0.2) is 0 Å². The molecule has 0 saturated carbocycles. The lowest BCUT2D eigenvalue weighted by molar-refractivity contribution is -0.145. The Morgan fingerprint density at radius 1 is 1.11 bits per heavy atom. The Kier molecular flexibility index (Phi) is 13.2. The van der Waals surface area contributed by atoms with Crippen molar-refractivity contribution in [2.45, 2.75) is 32.2 Å². The number of hydrogen-bond donors (Lipinski definition) is 5. The van der Waals surface area contributed by atoms with Crippen molar-refractivity contribution >= 4 is 17.9 Å². The Bertz CT molecular complexity index is 282. The number of rotatable bonds is 9. The lowest BCUT2D eigenvalue weighted by atomic mass is 10.2. The van der Waals surface area contributed by atoms with E-state index in [0.29, 0.717) is 0 Å². The summed E-state index contributed by atoms with van der Waals surface area (Å²) in [6.45, 7) is 2.96. The molecule has 0 rings (SSSR count). The van der Waals surface area contributed by atoms with E-state index in [1.807, 2.05) is 0 Å². The number of nitrogens with one attached hydrogen (secondary N) is 2. The molecule has 19 heavy (non-hydrogen) atoms. The molecular formula is C11H22N2O6. The molecule has 0 aliphatic heterocycles. The van der Waals surface area contributed by atoms with Crippen molar-refractivity contribution in [1.82, 2.24) is 10.6 Å². The standard InChI is InChI=1S/C6H13NO2.C5H9NO4/c1-2-3-4-7-5-6(8)9;1-6-3(5(9)10)2-4(7)8/h7H,2-5H2,1H3,(H,8,9);3,6H,2H2,1H3,(H,7,8)(H,9,10)/t;3-/m.0/s1. The highest BCUT2D eigenvalue weighted by Crippen LogP contribution is 1.89. The molecule has 0 bridgehead atoms. The lowest BCUT2D eigenvalue weighted by Crippen LogP contribution is -2.35. The number of carboxylic acid groups (broad SMARTS) is 3. The van der Waals surface area contributed by atoms with Gasteiger partial charge in [0.15, 0.2) is 0 Å². The number of hydrogen-bond acceptors (Lipinski definition) is 5. The normalized spacial score (nSPS) is 11.1. The summed E-state index contributed by atoms with van der Waals surface area (Å²) >= 11 is 0. The summed E-state index contributed by atoms with van der Waals surface area (Å²) in [5.74, 6) is -3.06. The molecule has 0 unspecified atom stereocenters. The van der Waals surface area contributed by atoms with Gasteiger partial charge < -0.3 is 26.0 Å². The van der Waals surface area contributed by atoms with Crippen molar-refractivity contribution in [3.63, 3.8) is 0 Å². The lowest BCUT2D eigenvalue weighted by Gasteiger charge is -2.06. The van der Waals surface area contributed by atoms with Crippen molar-refractivity contribution < 1.29 is 29.7 Å². The molecule has 8 heteroatoms. The van der Waals surface area contributed by atoms with Gasteiger partial charge in [-0.1, -0.05) is 13.3 Å². The highest BCUT2D eigenvalue weighted by molar-refractivity contribution is 5.80. The molecule has 5 N–H and O–H groups in total. The van der Waals surface area contributed by atoms with Gasteiger partial charge in [0.05, 0.1) is 13.0 Å². The molecule has 1 atom stereocenters. The maximum absolute atomic E-state index is 10.1. The SMILES string of the molecule is CCCCNCC(=O)O.CN[C@@H](CC(=O)O)C(=O)O. The first-order valence-corrected chi connectivity index (χ1v) is 5.89. The summed E-state index contributed by atoms with van der Waals surface area (Å²) in [7, 11) is 1.40. The summed E-state index contributed by atoms with van der Waals surface area (Å²) in [5, 5.41) is 29.7. The molecule has 0 fully saturated rings. The third-order valence-electron chi connectivity index (χ3n) is 2.01. The van der Waals surface area contributed by atoms with Crippen molar-refractivity contribution in [3.8, 4) is 0 Å². The zero-order chi connectivity index (χ0) is 15.3. The summed E-state index contributed by atoms with van der Waals surface area (Å²) < 4.78 is 0. The fourth-order valence-corrected chi connectivity index (χ4v) is 0.985. The largest absolute Gasteiger partial charge is 0.481 e. The molecule has 0 aromatic carbocycles. The number of carbonyl (C=O) groups is 3. The quantitative estimate of drug-likeness (QED) is 0.359. The van der Waals surface area contributed by atoms with Gasteiger partial charge in [-0.2, -0.15) is 0 Å². The molecule has 0 amide bonds. The third-order valence-corrected chi connectivity index (χ3v) is 2.01. The number of unbranched alkanes of at least 4 members (excludes halogenated alkanes) is 1. The van der Waals surface area contributed by atoms with E-state index in [-0.39, 0.29) is 6.54 Å². The molecule has 0 spiro atoms. The third kappa shape index (κ3) is 16.3. The minimum absolute atomic E-state index is 0.0833. The Balaban J connectivity index is 0. The van der Waals surface area contributed by atoms with Crippen molar-refractivity contribution in [3.05, 3.63) is 0 Å². The van der Waals surface area contributed by atoms with E-state index < -0.39 is 30.4 Å². The average molecular weight is 278 g/mol. The van der Waals surface area contributed by atoms with Crippen LogP contribution in [-0.2, 0) is 14.4 Å². The molecule has 0 heterocycles. The second kappa shape index (κ2) is 12.8. The highest BCUT2D eigenvalue weighted by Gasteiger charge is 2.17. The Morgan fingerprint density at radius 2 is 1.68 bits per heavy atom. The zero-order valence-corrected chi connectivity index (χ0v) is 11.2. The maximum Gasteiger partial charge on any atom is 0.321 e. The topological polar surface area (TPSA) is 136 Å². The second-order valence-corrected chi connectivity index (χ2v) is 3.70. The molecule has 0 radical (unpaired) electrons. The van der Waals surface area contributed by atoms with Gasteiger partial charge in [-0.15, -0.1) is 0 Å². The number of likely N-dealkylation sites (N-methyl/N-ethyl adjacent to an activating group) is 1. The Hall–Kier alpha value is -1.67. The van der Waals surface area contributed by atoms with Crippen LogP contribution < -0.4 is 10.6 Å². The van der Waals surface area contributed by atoms with Gasteiger partial charge in [-0.25, -0.2) is 0 Å². The molecule has 0 aliphatic rings. The monoisotopic (exact) mass is 278 g/mol. The van der Waals surface area contributed by atoms with E-state index in [1.54, 1.807) is 0 Å².